The van der Waals surface area contributed by atoms with Gasteiger partial charge in [0.15, 0.2) is 5.78 Å². The van der Waals surface area contributed by atoms with Crippen LogP contribution in [0.3, 0.4) is 0 Å². The predicted octanol–water partition coefficient (Wildman–Crippen LogP) is 3.80. The molecule has 2 bridgehead atoms. The van der Waals surface area contributed by atoms with Gasteiger partial charge in [0.05, 0.1) is 11.7 Å². The minimum atomic E-state index is 0.171. The number of nitrogens with zero attached hydrogens (tertiary/aromatic N) is 3. The summed E-state index contributed by atoms with van der Waals surface area (Å²) < 4.78 is 2.14. The second-order valence-corrected chi connectivity index (χ2v) is 9.67. The number of benzene rings is 1. The Labute approximate surface area is 160 Å². The summed E-state index contributed by atoms with van der Waals surface area (Å²) in [5.41, 5.74) is 3.97. The van der Waals surface area contributed by atoms with Crippen LogP contribution < -0.4 is 0 Å². The molecule has 0 radical (unpaired) electrons. The molecule has 7 rings (SSSR count). The van der Waals surface area contributed by atoms with Gasteiger partial charge in [0, 0.05) is 18.5 Å². The average molecular weight is 361 g/mol. The van der Waals surface area contributed by atoms with Crippen molar-refractivity contribution in [3.63, 3.8) is 0 Å². The topological polar surface area (TPSA) is 38.1 Å². The SMILES string of the molecule is O=C1CC2(CCN(Cc3ccccc3)CC2)Cc2cnn(C34CC(C3)C4)c21. The third-order valence-electron chi connectivity index (χ3n) is 7.83. The van der Waals surface area contributed by atoms with E-state index in [2.05, 4.69) is 39.9 Å². The molecule has 2 heterocycles. The van der Waals surface area contributed by atoms with Crippen molar-refractivity contribution in [1.82, 2.24) is 14.7 Å². The first-order valence-corrected chi connectivity index (χ1v) is 10.5. The number of ketones is 1. The molecule has 0 amide bonds. The van der Waals surface area contributed by atoms with E-state index >= 15 is 0 Å². The normalized spacial score (nSPS) is 31.3. The minimum absolute atomic E-state index is 0.171. The van der Waals surface area contributed by atoms with Crippen LogP contribution in [0.1, 0.15) is 60.1 Å². The van der Waals surface area contributed by atoms with Crippen LogP contribution in [0, 0.1) is 11.3 Å². The number of hydrogen-bond acceptors (Lipinski definition) is 3. The van der Waals surface area contributed by atoms with Gasteiger partial charge in [-0.3, -0.25) is 14.4 Å². The summed E-state index contributed by atoms with van der Waals surface area (Å²) in [4.78, 5) is 15.7. The van der Waals surface area contributed by atoms with Gasteiger partial charge in [0.25, 0.3) is 0 Å². The summed E-state index contributed by atoms with van der Waals surface area (Å²) in [6.45, 7) is 3.21. The van der Waals surface area contributed by atoms with Crippen LogP contribution >= 0.6 is 0 Å². The molecule has 0 N–H and O–H groups in total. The highest BCUT2D eigenvalue weighted by atomic mass is 16.1. The van der Waals surface area contributed by atoms with E-state index in [0.717, 1.165) is 56.9 Å². The van der Waals surface area contributed by atoms with Crippen molar-refractivity contribution in [2.75, 3.05) is 13.1 Å². The first kappa shape index (κ1) is 16.1. The van der Waals surface area contributed by atoms with Crippen molar-refractivity contribution in [2.24, 2.45) is 11.3 Å². The first-order valence-electron chi connectivity index (χ1n) is 10.5. The summed E-state index contributed by atoms with van der Waals surface area (Å²) in [6, 6.07) is 10.7. The number of hydrogen-bond donors (Lipinski definition) is 0. The second kappa shape index (κ2) is 5.54. The third kappa shape index (κ3) is 2.39. The van der Waals surface area contributed by atoms with Crippen LogP contribution in [0.5, 0.6) is 0 Å². The van der Waals surface area contributed by atoms with E-state index in [9.17, 15) is 4.79 Å². The number of aromatic nitrogens is 2. The van der Waals surface area contributed by atoms with Crippen molar-refractivity contribution < 1.29 is 4.79 Å². The molecule has 2 aromatic rings. The first-order chi connectivity index (χ1) is 13.1. The zero-order chi connectivity index (χ0) is 18.1. The van der Waals surface area contributed by atoms with E-state index in [4.69, 9.17) is 5.10 Å². The van der Waals surface area contributed by atoms with Gasteiger partial charge in [-0.2, -0.15) is 5.10 Å². The molecule has 140 valence electrons. The lowest BCUT2D eigenvalue weighted by Crippen LogP contribution is -2.60. The molecule has 4 fully saturated rings. The van der Waals surface area contributed by atoms with Gasteiger partial charge in [-0.1, -0.05) is 30.3 Å². The second-order valence-electron chi connectivity index (χ2n) is 9.67. The molecule has 1 aromatic carbocycles. The van der Waals surface area contributed by atoms with Crippen molar-refractivity contribution in [1.29, 1.82) is 0 Å². The fourth-order valence-corrected chi connectivity index (χ4v) is 6.13. The molecule has 1 aromatic heterocycles. The molecule has 1 saturated heterocycles. The van der Waals surface area contributed by atoms with E-state index < -0.39 is 0 Å². The smallest absolute Gasteiger partial charge is 0.181 e. The van der Waals surface area contributed by atoms with Gasteiger partial charge in [-0.15, -0.1) is 0 Å². The minimum Gasteiger partial charge on any atom is -0.299 e. The van der Waals surface area contributed by atoms with Crippen molar-refractivity contribution in [3.05, 3.63) is 53.3 Å². The number of rotatable bonds is 3. The van der Waals surface area contributed by atoms with Gasteiger partial charge in [0.1, 0.15) is 5.69 Å². The predicted molar refractivity (Wildman–Crippen MR) is 104 cm³/mol. The molecule has 0 unspecified atom stereocenters. The number of likely N-dealkylation sites (tertiary alicyclic amines) is 1. The Morgan fingerprint density at radius 2 is 1.78 bits per heavy atom. The summed E-state index contributed by atoms with van der Waals surface area (Å²) in [5.74, 6) is 1.26. The summed E-state index contributed by atoms with van der Waals surface area (Å²) >= 11 is 0. The number of carbonyl (C=O) groups excluding carboxylic acids is 1. The highest BCUT2D eigenvalue weighted by molar-refractivity contribution is 5.97. The van der Waals surface area contributed by atoms with Crippen LogP contribution in [-0.4, -0.2) is 33.6 Å². The molecule has 4 heteroatoms. The maximum atomic E-state index is 13.1. The van der Waals surface area contributed by atoms with E-state index in [1.54, 1.807) is 0 Å². The molecule has 5 aliphatic rings. The molecule has 3 saturated carbocycles. The maximum absolute atomic E-state index is 13.1. The fraction of sp³-hybridized carbons (Fsp3) is 0.565. The van der Waals surface area contributed by atoms with Crippen molar-refractivity contribution in [2.45, 2.75) is 57.0 Å². The lowest BCUT2D eigenvalue weighted by Gasteiger charge is -2.61. The zero-order valence-electron chi connectivity index (χ0n) is 15.9. The van der Waals surface area contributed by atoms with Gasteiger partial charge < -0.3 is 0 Å². The Morgan fingerprint density at radius 1 is 1.04 bits per heavy atom. The third-order valence-corrected chi connectivity index (χ3v) is 7.83. The van der Waals surface area contributed by atoms with E-state index in [-0.39, 0.29) is 11.0 Å². The molecule has 1 aliphatic heterocycles. The van der Waals surface area contributed by atoms with Gasteiger partial charge in [-0.25, -0.2) is 0 Å². The van der Waals surface area contributed by atoms with E-state index in [0.29, 0.717) is 5.78 Å². The standard InChI is InChI=1S/C23H27N3O/c27-20-14-22(6-8-25(9-7-22)16-17-4-2-1-3-5-17)13-19-15-24-26(21(19)20)23-10-18(11-23)12-23/h1-5,15,18H,6-14,16H2. The maximum Gasteiger partial charge on any atom is 0.181 e. The Morgan fingerprint density at radius 3 is 2.44 bits per heavy atom. The lowest BCUT2D eigenvalue weighted by molar-refractivity contribution is -0.0990. The number of piperidine rings is 1. The van der Waals surface area contributed by atoms with Gasteiger partial charge in [0.2, 0.25) is 0 Å². The van der Waals surface area contributed by atoms with E-state index in [1.165, 1.54) is 30.4 Å². The van der Waals surface area contributed by atoms with Crippen LogP contribution in [0.15, 0.2) is 36.5 Å². The molecule has 4 aliphatic carbocycles. The molecule has 1 spiro atoms. The molecule has 4 nitrogen and oxygen atoms in total. The summed E-state index contributed by atoms with van der Waals surface area (Å²) in [5, 5.41) is 4.71. The molecule has 27 heavy (non-hydrogen) atoms. The summed E-state index contributed by atoms with van der Waals surface area (Å²) in [6.07, 6.45) is 9.78. The van der Waals surface area contributed by atoms with E-state index in [1.807, 2.05) is 6.20 Å². The Kier molecular flexibility index (Phi) is 3.29. The van der Waals surface area contributed by atoms with Crippen LogP contribution in [-0.2, 0) is 18.5 Å². The molecular formula is C23H27N3O. The quantitative estimate of drug-likeness (QED) is 0.834. The lowest BCUT2D eigenvalue weighted by atomic mass is 9.50. The average Bonchev–Trinajstić information content (AvgIpc) is 2.99. The zero-order valence-corrected chi connectivity index (χ0v) is 15.9. The summed E-state index contributed by atoms with van der Waals surface area (Å²) in [7, 11) is 0. The highest BCUT2D eigenvalue weighted by Gasteiger charge is 2.60. The number of carbonyl (C=O) groups is 1. The van der Waals surface area contributed by atoms with Crippen molar-refractivity contribution in [3.8, 4) is 0 Å². The molecule has 0 atom stereocenters. The van der Waals surface area contributed by atoms with Crippen LogP contribution in [0.4, 0.5) is 0 Å². The Bertz CT molecular complexity index is 875. The number of Topliss-reactive ketones (excluding diaryl/α,β-unsaturated/α-hetero) is 1. The highest BCUT2D eigenvalue weighted by Crippen LogP contribution is 2.62. The fourth-order valence-electron chi connectivity index (χ4n) is 6.13. The van der Waals surface area contributed by atoms with Gasteiger partial charge in [-0.05, 0) is 68.5 Å². The van der Waals surface area contributed by atoms with Crippen LogP contribution in [0.2, 0.25) is 0 Å². The Hall–Kier alpha value is -1.94. The Balaban J connectivity index is 1.18. The largest absolute Gasteiger partial charge is 0.299 e. The number of fused-ring (bicyclic) bond motifs is 1. The van der Waals surface area contributed by atoms with Crippen molar-refractivity contribution >= 4 is 5.78 Å². The van der Waals surface area contributed by atoms with Gasteiger partial charge >= 0.3 is 0 Å². The van der Waals surface area contributed by atoms with Crippen LogP contribution in [0.25, 0.3) is 0 Å². The molecular weight excluding hydrogens is 334 g/mol. The monoisotopic (exact) mass is 361 g/mol.